The van der Waals surface area contributed by atoms with Gasteiger partial charge in [0, 0.05) is 5.69 Å². The zero-order chi connectivity index (χ0) is 18.7. The number of amides is 2. The number of hydrogen-bond donors (Lipinski definition) is 3. The molecule has 1 aliphatic heterocycles. The minimum absolute atomic E-state index is 0.149. The zero-order valence-corrected chi connectivity index (χ0v) is 15.6. The molecule has 1 aromatic carbocycles. The summed E-state index contributed by atoms with van der Waals surface area (Å²) in [4.78, 5) is 24.8. The van der Waals surface area contributed by atoms with Gasteiger partial charge in [0.15, 0.2) is 0 Å². The van der Waals surface area contributed by atoms with Crippen molar-refractivity contribution in [3.8, 4) is 0 Å². The Morgan fingerprint density at radius 1 is 1.15 bits per heavy atom. The first-order valence-electron chi connectivity index (χ1n) is 9.68. The number of hydrogen-bond acceptors (Lipinski definition) is 3. The number of aliphatic hydroxyl groups excluding tert-OH is 1. The Hall–Kier alpha value is -2.30. The fourth-order valence-corrected chi connectivity index (χ4v) is 4.13. The van der Waals surface area contributed by atoms with E-state index in [1.165, 1.54) is 37.7 Å². The van der Waals surface area contributed by atoms with Crippen molar-refractivity contribution in [3.05, 3.63) is 41.2 Å². The van der Waals surface area contributed by atoms with Crippen LogP contribution < -0.4 is 10.6 Å². The predicted octanol–water partition coefficient (Wildman–Crippen LogP) is 4.17. The van der Waals surface area contributed by atoms with Crippen molar-refractivity contribution < 1.29 is 14.7 Å². The number of aliphatic hydroxyl groups is 1. The highest BCUT2D eigenvalue weighted by atomic mass is 16.3. The number of rotatable bonds is 5. The van der Waals surface area contributed by atoms with Gasteiger partial charge in [-0.15, -0.1) is 0 Å². The lowest BCUT2D eigenvalue weighted by Crippen LogP contribution is -2.43. The van der Waals surface area contributed by atoms with E-state index in [1.807, 2.05) is 26.0 Å². The second-order valence-corrected chi connectivity index (χ2v) is 7.38. The number of anilines is 1. The third kappa shape index (κ3) is 3.35. The molecule has 3 N–H and O–H groups in total. The van der Waals surface area contributed by atoms with Crippen LogP contribution in [0.3, 0.4) is 0 Å². The van der Waals surface area contributed by atoms with Crippen molar-refractivity contribution in [1.29, 1.82) is 0 Å². The summed E-state index contributed by atoms with van der Waals surface area (Å²) in [6.07, 6.45) is 7.40. The van der Waals surface area contributed by atoms with Gasteiger partial charge in [0.25, 0.3) is 11.8 Å². The van der Waals surface area contributed by atoms with E-state index in [1.54, 1.807) is 0 Å². The smallest absolute Gasteiger partial charge is 0.264 e. The number of carbonyl (C=O) groups is 2. The first-order chi connectivity index (χ1) is 12.5. The molecule has 5 nitrogen and oxygen atoms in total. The Morgan fingerprint density at radius 2 is 1.77 bits per heavy atom. The van der Waals surface area contributed by atoms with Gasteiger partial charge in [-0.2, -0.15) is 0 Å². The molecule has 0 unspecified atom stereocenters. The summed E-state index contributed by atoms with van der Waals surface area (Å²) >= 11 is 0. The van der Waals surface area contributed by atoms with Crippen LogP contribution in [0.25, 0.3) is 0 Å². The second-order valence-electron chi connectivity index (χ2n) is 7.38. The highest BCUT2D eigenvalue weighted by Gasteiger charge is 2.45. The van der Waals surface area contributed by atoms with Gasteiger partial charge >= 0.3 is 0 Å². The highest BCUT2D eigenvalue weighted by Crippen LogP contribution is 2.34. The Labute approximate surface area is 154 Å². The van der Waals surface area contributed by atoms with E-state index in [2.05, 4.69) is 22.8 Å². The van der Waals surface area contributed by atoms with Crippen LogP contribution in [0.15, 0.2) is 35.6 Å². The molecule has 1 saturated carbocycles. The van der Waals surface area contributed by atoms with Crippen LogP contribution in [0.1, 0.15) is 70.3 Å². The lowest BCUT2D eigenvalue weighted by atomic mass is 9.84. The maximum atomic E-state index is 12.6. The lowest BCUT2D eigenvalue weighted by molar-refractivity contribution is -0.121. The fourth-order valence-electron chi connectivity index (χ4n) is 4.13. The fraction of sp³-hybridized carbons (Fsp3) is 0.524. The molecule has 0 atom stereocenters. The van der Waals surface area contributed by atoms with E-state index in [0.29, 0.717) is 24.4 Å². The summed E-state index contributed by atoms with van der Waals surface area (Å²) in [5.74, 6) is -0.615. The van der Waals surface area contributed by atoms with E-state index in [9.17, 15) is 14.7 Å². The van der Waals surface area contributed by atoms with E-state index in [-0.39, 0.29) is 11.3 Å². The SMILES string of the molecule is CCC1(CC)NC(=O)C(C(=O)Nc2ccc(C3CCCCC3)cc2)=C1O. The standard InChI is InChI=1S/C21H28N2O3/c1-3-21(4-2)18(24)17(20(26)23-21)19(25)22-16-12-10-15(11-13-16)14-8-6-5-7-9-14/h10-14,24H,3-9H2,1-2H3,(H,22,25)(H,23,26). The van der Waals surface area contributed by atoms with E-state index in [4.69, 9.17) is 0 Å². The molecule has 1 fully saturated rings. The highest BCUT2D eigenvalue weighted by molar-refractivity contribution is 6.24. The number of carbonyl (C=O) groups excluding carboxylic acids is 2. The van der Waals surface area contributed by atoms with Crippen molar-refractivity contribution in [2.75, 3.05) is 5.32 Å². The van der Waals surface area contributed by atoms with E-state index < -0.39 is 17.4 Å². The molecule has 140 valence electrons. The maximum Gasteiger partial charge on any atom is 0.264 e. The molecular formula is C21H28N2O3. The molecule has 1 heterocycles. The zero-order valence-electron chi connectivity index (χ0n) is 15.6. The van der Waals surface area contributed by atoms with Crippen LogP contribution in [-0.4, -0.2) is 22.5 Å². The average Bonchev–Trinajstić information content (AvgIpc) is 2.93. The van der Waals surface area contributed by atoms with Gasteiger partial charge in [-0.05, 0) is 49.3 Å². The van der Waals surface area contributed by atoms with Gasteiger partial charge in [-0.3, -0.25) is 9.59 Å². The Kier molecular flexibility index (Phi) is 5.35. The quantitative estimate of drug-likeness (QED) is 0.693. The number of benzene rings is 1. The Morgan fingerprint density at radius 3 is 2.31 bits per heavy atom. The lowest BCUT2D eigenvalue weighted by Gasteiger charge is -2.26. The van der Waals surface area contributed by atoms with Gasteiger partial charge in [0.1, 0.15) is 11.3 Å². The summed E-state index contributed by atoms with van der Waals surface area (Å²) in [6, 6.07) is 7.85. The molecule has 0 aromatic heterocycles. The largest absolute Gasteiger partial charge is 0.509 e. The van der Waals surface area contributed by atoms with Crippen LogP contribution in [0, 0.1) is 0 Å². The molecular weight excluding hydrogens is 328 g/mol. The minimum Gasteiger partial charge on any atom is -0.509 e. The monoisotopic (exact) mass is 356 g/mol. The van der Waals surface area contributed by atoms with Gasteiger partial charge < -0.3 is 15.7 Å². The maximum absolute atomic E-state index is 12.6. The molecule has 0 radical (unpaired) electrons. The van der Waals surface area contributed by atoms with Crippen LogP contribution in [-0.2, 0) is 9.59 Å². The molecule has 5 heteroatoms. The van der Waals surface area contributed by atoms with Gasteiger partial charge in [-0.1, -0.05) is 45.2 Å². The van der Waals surface area contributed by atoms with Crippen LogP contribution in [0.5, 0.6) is 0 Å². The van der Waals surface area contributed by atoms with Crippen LogP contribution in [0.2, 0.25) is 0 Å². The van der Waals surface area contributed by atoms with Crippen molar-refractivity contribution in [1.82, 2.24) is 5.32 Å². The van der Waals surface area contributed by atoms with E-state index in [0.717, 1.165) is 0 Å². The van der Waals surface area contributed by atoms with Gasteiger partial charge in [0.05, 0.1) is 5.54 Å². The summed E-state index contributed by atoms with van der Waals surface area (Å²) < 4.78 is 0. The minimum atomic E-state index is -0.825. The van der Waals surface area contributed by atoms with Crippen molar-refractivity contribution in [2.24, 2.45) is 0 Å². The first kappa shape index (κ1) is 18.5. The summed E-state index contributed by atoms with van der Waals surface area (Å²) in [6.45, 7) is 3.76. The first-order valence-corrected chi connectivity index (χ1v) is 9.68. The van der Waals surface area contributed by atoms with Crippen LogP contribution in [0.4, 0.5) is 5.69 Å². The third-order valence-corrected chi connectivity index (χ3v) is 5.95. The molecule has 0 bridgehead atoms. The van der Waals surface area contributed by atoms with Gasteiger partial charge in [-0.25, -0.2) is 0 Å². The molecule has 1 aliphatic carbocycles. The summed E-state index contributed by atoms with van der Waals surface area (Å²) in [7, 11) is 0. The van der Waals surface area contributed by atoms with Gasteiger partial charge in [0.2, 0.25) is 0 Å². The topological polar surface area (TPSA) is 78.4 Å². The summed E-state index contributed by atoms with van der Waals surface area (Å²) in [5.41, 5.74) is 0.937. The Balaban J connectivity index is 1.73. The molecule has 2 amide bonds. The molecule has 1 aromatic rings. The predicted molar refractivity (Wildman–Crippen MR) is 102 cm³/mol. The van der Waals surface area contributed by atoms with Crippen molar-refractivity contribution in [3.63, 3.8) is 0 Å². The van der Waals surface area contributed by atoms with Crippen molar-refractivity contribution >= 4 is 17.5 Å². The van der Waals surface area contributed by atoms with Crippen LogP contribution >= 0.6 is 0 Å². The normalized spacial score (nSPS) is 20.2. The molecule has 26 heavy (non-hydrogen) atoms. The van der Waals surface area contributed by atoms with Crippen molar-refractivity contribution in [2.45, 2.75) is 70.3 Å². The third-order valence-electron chi connectivity index (χ3n) is 5.95. The summed E-state index contributed by atoms with van der Waals surface area (Å²) in [5, 5.41) is 16.0. The molecule has 0 saturated heterocycles. The average molecular weight is 356 g/mol. The number of nitrogens with one attached hydrogen (secondary N) is 2. The second kappa shape index (κ2) is 7.52. The Bertz CT molecular complexity index is 711. The molecule has 0 spiro atoms. The molecule has 2 aliphatic rings. The molecule has 3 rings (SSSR count). The van der Waals surface area contributed by atoms with E-state index >= 15 is 0 Å².